The molecule has 184 valence electrons. The Labute approximate surface area is 206 Å². The quantitative estimate of drug-likeness (QED) is 0.475. The van der Waals surface area contributed by atoms with E-state index in [4.69, 9.17) is 5.73 Å². The van der Waals surface area contributed by atoms with Crippen molar-refractivity contribution in [3.8, 4) is 0 Å². The van der Waals surface area contributed by atoms with Gasteiger partial charge in [0.25, 0.3) is 0 Å². The molecule has 0 bridgehead atoms. The summed E-state index contributed by atoms with van der Waals surface area (Å²) < 4.78 is 27.5. The van der Waals surface area contributed by atoms with E-state index in [1.807, 2.05) is 18.2 Å². The average molecular weight is 478 g/mol. The van der Waals surface area contributed by atoms with Crippen molar-refractivity contribution in [2.75, 3.05) is 19.6 Å². The van der Waals surface area contributed by atoms with Gasteiger partial charge in [0.1, 0.15) is 17.7 Å². The molecule has 2 unspecified atom stereocenters. The largest absolute Gasteiger partial charge is 0.368 e. The molecule has 6 heteroatoms. The Bertz CT molecular complexity index is 1040. The Kier molecular flexibility index (Phi) is 8.26. The Hall–Kier alpha value is -3.09. The number of carbonyl (C=O) groups is 1. The van der Waals surface area contributed by atoms with Gasteiger partial charge in [0, 0.05) is 38.1 Å². The topological polar surface area (TPSA) is 49.6 Å². The van der Waals surface area contributed by atoms with Gasteiger partial charge in [0.15, 0.2) is 0 Å². The van der Waals surface area contributed by atoms with E-state index < -0.39 is 6.04 Å². The molecule has 1 amide bonds. The molecule has 1 aliphatic rings. The van der Waals surface area contributed by atoms with Crippen LogP contribution in [0.25, 0.3) is 0 Å². The first kappa shape index (κ1) is 25.0. The zero-order valence-electron chi connectivity index (χ0n) is 20.1. The summed E-state index contributed by atoms with van der Waals surface area (Å²) in [5.41, 5.74) is 9.03. The first-order valence-electron chi connectivity index (χ1n) is 12.3. The maximum Gasteiger partial charge on any atom is 0.236 e. The highest BCUT2D eigenvalue weighted by molar-refractivity contribution is 5.80. The van der Waals surface area contributed by atoms with Crippen LogP contribution in [0.15, 0.2) is 78.9 Å². The first-order chi connectivity index (χ1) is 17.0. The second kappa shape index (κ2) is 11.6. The van der Waals surface area contributed by atoms with E-state index in [1.54, 1.807) is 24.3 Å². The number of hydrogen-bond acceptors (Lipinski definition) is 3. The van der Waals surface area contributed by atoms with Gasteiger partial charge in [-0.05, 0) is 47.4 Å². The predicted octanol–water partition coefficient (Wildman–Crippen LogP) is 4.94. The number of rotatable bonds is 9. The summed E-state index contributed by atoms with van der Waals surface area (Å²) in [6.07, 6.45) is 1.72. The van der Waals surface area contributed by atoms with Crippen LogP contribution < -0.4 is 5.73 Å². The molecule has 1 heterocycles. The number of primary amides is 1. The number of hydrogen-bond donors (Lipinski definition) is 1. The molecule has 0 radical (unpaired) electrons. The van der Waals surface area contributed by atoms with Crippen LogP contribution in [0.5, 0.6) is 0 Å². The van der Waals surface area contributed by atoms with Gasteiger partial charge in [-0.25, -0.2) is 8.78 Å². The molecular weight excluding hydrogens is 444 g/mol. The average Bonchev–Trinajstić information content (AvgIpc) is 2.86. The first-order valence-corrected chi connectivity index (χ1v) is 12.3. The summed E-state index contributed by atoms with van der Waals surface area (Å²) in [7, 11) is 0. The lowest BCUT2D eigenvalue weighted by molar-refractivity contribution is -0.127. The van der Waals surface area contributed by atoms with E-state index in [0.717, 1.165) is 37.1 Å². The van der Waals surface area contributed by atoms with Crippen LogP contribution in [0.2, 0.25) is 0 Å². The van der Waals surface area contributed by atoms with Crippen molar-refractivity contribution in [1.29, 1.82) is 0 Å². The van der Waals surface area contributed by atoms with Crippen LogP contribution in [0.1, 0.15) is 42.4 Å². The highest BCUT2D eigenvalue weighted by Gasteiger charge is 2.39. The second-order valence-corrected chi connectivity index (χ2v) is 9.31. The fourth-order valence-corrected chi connectivity index (χ4v) is 5.29. The van der Waals surface area contributed by atoms with E-state index in [9.17, 15) is 13.6 Å². The molecule has 0 aliphatic carbocycles. The smallest absolute Gasteiger partial charge is 0.236 e. The molecule has 0 aromatic heterocycles. The second-order valence-electron chi connectivity index (χ2n) is 9.31. The minimum Gasteiger partial charge on any atom is -0.368 e. The number of piperazine rings is 1. The lowest BCUT2D eigenvalue weighted by Gasteiger charge is -2.46. The van der Waals surface area contributed by atoms with Crippen LogP contribution in [-0.4, -0.2) is 47.4 Å². The summed E-state index contributed by atoms with van der Waals surface area (Å²) in [5, 5.41) is 0. The number of nitrogens with two attached hydrogens (primary N) is 1. The normalized spacial score (nSPS) is 18.0. The van der Waals surface area contributed by atoms with Crippen LogP contribution in [0.4, 0.5) is 8.78 Å². The van der Waals surface area contributed by atoms with E-state index in [2.05, 4.69) is 28.9 Å². The summed E-state index contributed by atoms with van der Waals surface area (Å²) >= 11 is 0. The van der Waals surface area contributed by atoms with Crippen molar-refractivity contribution in [1.82, 2.24) is 9.80 Å². The third-order valence-corrected chi connectivity index (χ3v) is 6.94. The lowest BCUT2D eigenvalue weighted by Crippen LogP contribution is -2.61. The predicted molar refractivity (Wildman–Crippen MR) is 135 cm³/mol. The Morgan fingerprint density at radius 1 is 0.914 bits per heavy atom. The molecule has 3 aromatic rings. The molecule has 4 nitrogen and oxygen atoms in total. The van der Waals surface area contributed by atoms with Crippen LogP contribution in [0.3, 0.4) is 0 Å². The number of carbonyl (C=O) groups excluding carboxylic acids is 1. The van der Waals surface area contributed by atoms with Crippen molar-refractivity contribution in [3.05, 3.63) is 107 Å². The van der Waals surface area contributed by atoms with Gasteiger partial charge in [0.05, 0.1) is 0 Å². The fraction of sp³-hybridized carbons (Fsp3) is 0.345. The van der Waals surface area contributed by atoms with Crippen LogP contribution in [0, 0.1) is 11.6 Å². The van der Waals surface area contributed by atoms with E-state index in [-0.39, 0.29) is 29.5 Å². The lowest BCUT2D eigenvalue weighted by atomic mass is 9.81. The highest BCUT2D eigenvalue weighted by atomic mass is 19.1. The minimum atomic E-state index is -0.451. The molecule has 1 saturated heterocycles. The fourth-order valence-electron chi connectivity index (χ4n) is 5.29. The monoisotopic (exact) mass is 477 g/mol. The Morgan fingerprint density at radius 3 is 2.00 bits per heavy atom. The Morgan fingerprint density at radius 2 is 1.49 bits per heavy atom. The maximum atomic E-state index is 13.8. The molecule has 0 spiro atoms. The van der Waals surface area contributed by atoms with Gasteiger partial charge in [0.2, 0.25) is 5.91 Å². The van der Waals surface area contributed by atoms with E-state index >= 15 is 0 Å². The molecule has 1 aliphatic heterocycles. The molecule has 0 saturated carbocycles. The summed E-state index contributed by atoms with van der Waals surface area (Å²) in [5.74, 6) is -1.11. The summed E-state index contributed by atoms with van der Waals surface area (Å²) in [4.78, 5) is 17.2. The Balaban J connectivity index is 1.67. The summed E-state index contributed by atoms with van der Waals surface area (Å²) in [6, 6.07) is 22.7. The maximum absolute atomic E-state index is 13.8. The third-order valence-electron chi connectivity index (χ3n) is 6.94. The number of nitrogens with zero attached hydrogens (tertiary/aromatic N) is 2. The molecule has 1 fully saturated rings. The number of benzene rings is 3. The van der Waals surface area contributed by atoms with E-state index in [1.165, 1.54) is 29.8 Å². The van der Waals surface area contributed by atoms with Crippen molar-refractivity contribution in [2.24, 2.45) is 5.73 Å². The van der Waals surface area contributed by atoms with Crippen molar-refractivity contribution >= 4 is 5.91 Å². The van der Waals surface area contributed by atoms with Gasteiger partial charge in [-0.2, -0.15) is 0 Å². The molecule has 2 atom stereocenters. The van der Waals surface area contributed by atoms with Crippen molar-refractivity contribution < 1.29 is 13.6 Å². The molecule has 2 N–H and O–H groups in total. The van der Waals surface area contributed by atoms with Gasteiger partial charge in [-0.15, -0.1) is 0 Å². The zero-order valence-corrected chi connectivity index (χ0v) is 20.1. The number of amides is 1. The minimum absolute atomic E-state index is 0.0488. The van der Waals surface area contributed by atoms with Gasteiger partial charge in [-0.1, -0.05) is 67.9 Å². The summed E-state index contributed by atoms with van der Waals surface area (Å²) in [6.45, 7) is 4.91. The highest BCUT2D eigenvalue weighted by Crippen LogP contribution is 2.35. The standard InChI is InChI=1S/C29H33F2N3O/c1-2-6-26(28(22-9-13-24(30)14-10-22)23-11-15-25(31)16-12-23)34-18-17-33(20-27(34)29(32)35)19-21-7-4-3-5-8-21/h3-5,7-16,26-28H,2,6,17-20H2,1H3,(H2,32,35). The SMILES string of the molecule is CCCC(C(c1ccc(F)cc1)c1ccc(F)cc1)N1CCN(Cc2ccccc2)CC1C(N)=O. The van der Waals surface area contributed by atoms with Crippen LogP contribution >= 0.6 is 0 Å². The molecular formula is C29H33F2N3O. The van der Waals surface area contributed by atoms with E-state index in [0.29, 0.717) is 13.1 Å². The van der Waals surface area contributed by atoms with Gasteiger partial charge >= 0.3 is 0 Å². The molecule has 35 heavy (non-hydrogen) atoms. The van der Waals surface area contributed by atoms with Crippen molar-refractivity contribution in [2.45, 2.75) is 44.3 Å². The molecule has 4 rings (SSSR count). The van der Waals surface area contributed by atoms with Crippen molar-refractivity contribution in [3.63, 3.8) is 0 Å². The third kappa shape index (κ3) is 6.13. The van der Waals surface area contributed by atoms with Gasteiger partial charge in [-0.3, -0.25) is 14.6 Å². The zero-order chi connectivity index (χ0) is 24.8. The van der Waals surface area contributed by atoms with Crippen LogP contribution in [-0.2, 0) is 11.3 Å². The molecule has 3 aromatic carbocycles. The number of halogens is 2. The van der Waals surface area contributed by atoms with Gasteiger partial charge < -0.3 is 5.73 Å².